The SMILES string of the molecule is CCOC(=O)CC(C)=NNc1cc(Cl)c(Cl)cc1Cl. The summed E-state index contributed by atoms with van der Waals surface area (Å²) in [4.78, 5) is 11.2. The summed E-state index contributed by atoms with van der Waals surface area (Å²) in [5, 5.41) is 5.15. The average Bonchev–Trinajstić information content (AvgIpc) is 2.32. The van der Waals surface area contributed by atoms with Gasteiger partial charge in [0.15, 0.2) is 0 Å². The van der Waals surface area contributed by atoms with E-state index >= 15 is 0 Å². The second-order valence-corrected chi connectivity index (χ2v) is 4.91. The highest BCUT2D eigenvalue weighted by Gasteiger charge is 2.07. The Kier molecular flexibility index (Phi) is 6.42. The van der Waals surface area contributed by atoms with E-state index in [9.17, 15) is 4.79 Å². The summed E-state index contributed by atoms with van der Waals surface area (Å²) in [5.74, 6) is -0.328. The summed E-state index contributed by atoms with van der Waals surface area (Å²) in [6.45, 7) is 3.80. The molecule has 0 bridgehead atoms. The van der Waals surface area contributed by atoms with Gasteiger partial charge in [0.1, 0.15) is 0 Å². The number of nitrogens with zero attached hydrogens (tertiary/aromatic N) is 1. The highest BCUT2D eigenvalue weighted by atomic mass is 35.5. The molecule has 0 spiro atoms. The number of hydrazone groups is 1. The first-order valence-corrected chi connectivity index (χ1v) is 6.66. The van der Waals surface area contributed by atoms with Crippen molar-refractivity contribution in [1.29, 1.82) is 0 Å². The van der Waals surface area contributed by atoms with Crippen LogP contribution in [0.25, 0.3) is 0 Å². The fourth-order valence-electron chi connectivity index (χ4n) is 1.22. The number of benzene rings is 1. The molecular formula is C12H13Cl3N2O2. The van der Waals surface area contributed by atoms with Gasteiger partial charge in [-0.2, -0.15) is 5.10 Å². The van der Waals surface area contributed by atoms with Crippen molar-refractivity contribution in [3.8, 4) is 0 Å². The van der Waals surface area contributed by atoms with Crippen molar-refractivity contribution in [2.75, 3.05) is 12.0 Å². The van der Waals surface area contributed by atoms with E-state index < -0.39 is 0 Å². The van der Waals surface area contributed by atoms with Crippen LogP contribution < -0.4 is 5.43 Å². The normalized spacial score (nSPS) is 11.3. The molecule has 0 atom stereocenters. The van der Waals surface area contributed by atoms with Gasteiger partial charge in [-0.3, -0.25) is 10.2 Å². The van der Waals surface area contributed by atoms with Crippen molar-refractivity contribution < 1.29 is 9.53 Å². The Bertz CT molecular complexity index is 504. The zero-order chi connectivity index (χ0) is 14.4. The molecule has 0 fully saturated rings. The standard InChI is InChI=1S/C12H13Cl3N2O2/c1-3-19-12(18)4-7(2)16-17-11-6-9(14)8(13)5-10(11)15/h5-6,17H,3-4H2,1-2H3. The van der Waals surface area contributed by atoms with Gasteiger partial charge in [0, 0.05) is 5.71 Å². The summed E-state index contributed by atoms with van der Waals surface area (Å²) in [6, 6.07) is 3.08. The molecule has 0 unspecified atom stereocenters. The number of hydrogen-bond donors (Lipinski definition) is 1. The van der Waals surface area contributed by atoms with Crippen LogP contribution in [0.3, 0.4) is 0 Å². The minimum atomic E-state index is -0.328. The molecule has 0 saturated heterocycles. The van der Waals surface area contributed by atoms with E-state index in [4.69, 9.17) is 39.5 Å². The Morgan fingerprint density at radius 1 is 1.26 bits per heavy atom. The van der Waals surface area contributed by atoms with Gasteiger partial charge in [0.05, 0.1) is 33.8 Å². The number of nitrogens with one attached hydrogen (secondary N) is 1. The van der Waals surface area contributed by atoms with Crippen molar-refractivity contribution in [3.63, 3.8) is 0 Å². The molecule has 4 nitrogen and oxygen atoms in total. The predicted octanol–water partition coefficient (Wildman–Crippen LogP) is 4.39. The van der Waals surface area contributed by atoms with E-state index in [1.54, 1.807) is 19.9 Å². The lowest BCUT2D eigenvalue weighted by molar-refractivity contribution is -0.141. The average molecular weight is 324 g/mol. The fraction of sp³-hybridized carbons (Fsp3) is 0.333. The number of carbonyl (C=O) groups excluding carboxylic acids is 1. The van der Waals surface area contributed by atoms with Crippen LogP contribution in [-0.2, 0) is 9.53 Å². The van der Waals surface area contributed by atoms with Crippen LogP contribution in [0.2, 0.25) is 15.1 Å². The van der Waals surface area contributed by atoms with Crippen LogP contribution >= 0.6 is 34.8 Å². The van der Waals surface area contributed by atoms with Gasteiger partial charge in [0.2, 0.25) is 0 Å². The zero-order valence-corrected chi connectivity index (χ0v) is 12.7. The van der Waals surface area contributed by atoms with Crippen molar-refractivity contribution in [3.05, 3.63) is 27.2 Å². The number of halogens is 3. The lowest BCUT2D eigenvalue weighted by Crippen LogP contribution is -2.10. The Hall–Kier alpha value is -0.970. The van der Waals surface area contributed by atoms with Crippen molar-refractivity contribution in [2.45, 2.75) is 20.3 Å². The van der Waals surface area contributed by atoms with E-state index in [1.165, 1.54) is 6.07 Å². The summed E-state index contributed by atoms with van der Waals surface area (Å²) < 4.78 is 4.81. The number of ether oxygens (including phenoxy) is 1. The highest BCUT2D eigenvalue weighted by molar-refractivity contribution is 6.44. The molecule has 0 heterocycles. The Morgan fingerprint density at radius 3 is 2.53 bits per heavy atom. The van der Waals surface area contributed by atoms with Crippen LogP contribution in [0.4, 0.5) is 5.69 Å². The molecule has 0 aliphatic carbocycles. The quantitative estimate of drug-likeness (QED) is 0.378. The van der Waals surface area contributed by atoms with Crippen molar-refractivity contribution in [2.24, 2.45) is 5.10 Å². The Morgan fingerprint density at radius 2 is 1.89 bits per heavy atom. The maximum atomic E-state index is 11.2. The van der Waals surface area contributed by atoms with Crippen LogP contribution in [0.1, 0.15) is 20.3 Å². The minimum Gasteiger partial charge on any atom is -0.466 e. The molecule has 1 rings (SSSR count). The summed E-state index contributed by atoms with van der Waals surface area (Å²) >= 11 is 17.7. The lowest BCUT2D eigenvalue weighted by Gasteiger charge is -2.07. The van der Waals surface area contributed by atoms with Crippen LogP contribution in [0, 0.1) is 0 Å². The maximum absolute atomic E-state index is 11.2. The fourth-order valence-corrected chi connectivity index (χ4v) is 1.81. The smallest absolute Gasteiger partial charge is 0.311 e. The van der Waals surface area contributed by atoms with E-state index in [0.717, 1.165) is 0 Å². The first-order chi connectivity index (χ1) is 8.93. The number of carbonyl (C=O) groups is 1. The molecule has 1 N–H and O–H groups in total. The third-order valence-electron chi connectivity index (χ3n) is 2.08. The lowest BCUT2D eigenvalue weighted by atomic mass is 10.3. The van der Waals surface area contributed by atoms with Crippen LogP contribution in [0.15, 0.2) is 17.2 Å². The summed E-state index contributed by atoms with van der Waals surface area (Å²) in [5.41, 5.74) is 3.82. The van der Waals surface area contributed by atoms with Gasteiger partial charge >= 0.3 is 5.97 Å². The summed E-state index contributed by atoms with van der Waals surface area (Å²) in [7, 11) is 0. The van der Waals surface area contributed by atoms with Gasteiger partial charge in [-0.1, -0.05) is 34.8 Å². The first kappa shape index (κ1) is 16.1. The number of rotatable bonds is 5. The molecule has 0 aromatic heterocycles. The van der Waals surface area contributed by atoms with Crippen molar-refractivity contribution >= 4 is 52.2 Å². The largest absolute Gasteiger partial charge is 0.466 e. The molecular weight excluding hydrogens is 311 g/mol. The minimum absolute atomic E-state index is 0.111. The second kappa shape index (κ2) is 7.58. The third-order valence-corrected chi connectivity index (χ3v) is 3.12. The molecule has 0 aliphatic rings. The monoisotopic (exact) mass is 322 g/mol. The third kappa shape index (κ3) is 5.27. The van der Waals surface area contributed by atoms with E-state index in [2.05, 4.69) is 10.5 Å². The van der Waals surface area contributed by atoms with E-state index in [-0.39, 0.29) is 12.4 Å². The van der Waals surface area contributed by atoms with Gasteiger partial charge in [-0.15, -0.1) is 0 Å². The van der Waals surface area contributed by atoms with Crippen molar-refractivity contribution in [1.82, 2.24) is 0 Å². The highest BCUT2D eigenvalue weighted by Crippen LogP contribution is 2.32. The first-order valence-electron chi connectivity index (χ1n) is 5.53. The van der Waals surface area contributed by atoms with Crippen LogP contribution in [0.5, 0.6) is 0 Å². The van der Waals surface area contributed by atoms with Gasteiger partial charge in [-0.25, -0.2) is 0 Å². The number of hydrogen-bond acceptors (Lipinski definition) is 4. The predicted molar refractivity (Wildman–Crippen MR) is 79.5 cm³/mol. The number of anilines is 1. The Balaban J connectivity index is 2.70. The molecule has 0 aliphatic heterocycles. The van der Waals surface area contributed by atoms with Gasteiger partial charge in [-0.05, 0) is 26.0 Å². The topological polar surface area (TPSA) is 50.7 Å². The summed E-state index contributed by atoms with van der Waals surface area (Å²) in [6.07, 6.45) is 0.111. The molecule has 0 radical (unpaired) electrons. The van der Waals surface area contributed by atoms with Crippen LogP contribution in [-0.4, -0.2) is 18.3 Å². The second-order valence-electron chi connectivity index (χ2n) is 3.69. The van der Waals surface area contributed by atoms with Gasteiger partial charge < -0.3 is 4.74 Å². The molecule has 19 heavy (non-hydrogen) atoms. The van der Waals surface area contributed by atoms with E-state index in [1.807, 2.05) is 0 Å². The molecule has 1 aromatic rings. The van der Waals surface area contributed by atoms with E-state index in [0.29, 0.717) is 33.1 Å². The molecule has 0 saturated carbocycles. The molecule has 0 amide bonds. The zero-order valence-electron chi connectivity index (χ0n) is 10.5. The number of esters is 1. The maximum Gasteiger partial charge on any atom is 0.311 e. The molecule has 1 aromatic carbocycles. The molecule has 104 valence electrons. The molecule has 7 heteroatoms. The van der Waals surface area contributed by atoms with Gasteiger partial charge in [0.25, 0.3) is 0 Å². The Labute approximate surface area is 126 Å².